The molecule has 1 atom stereocenters. The Morgan fingerprint density at radius 2 is 2.19 bits per heavy atom. The summed E-state index contributed by atoms with van der Waals surface area (Å²) >= 11 is 1.55. The first-order valence-corrected chi connectivity index (χ1v) is 10.1. The Kier molecular flexibility index (Phi) is 5.96. The number of nitrogen functional groups attached to an aromatic ring is 1. The highest BCUT2D eigenvalue weighted by Crippen LogP contribution is 2.25. The van der Waals surface area contributed by atoms with Gasteiger partial charge in [0.15, 0.2) is 0 Å². The molecule has 1 heterocycles. The quantitative estimate of drug-likeness (QED) is 0.644. The monoisotopic (exact) mass is 328 g/mol. The molecule has 21 heavy (non-hydrogen) atoms. The van der Waals surface area contributed by atoms with Crippen molar-refractivity contribution in [2.75, 3.05) is 23.8 Å². The Balaban J connectivity index is 1.91. The third-order valence-corrected chi connectivity index (χ3v) is 7.04. The minimum atomic E-state index is -3.14. The van der Waals surface area contributed by atoms with Crippen LogP contribution in [-0.2, 0) is 10.0 Å². The van der Waals surface area contributed by atoms with Crippen molar-refractivity contribution in [3.05, 3.63) is 24.3 Å². The minimum Gasteiger partial charge on any atom is -0.399 e. The highest BCUT2D eigenvalue weighted by atomic mass is 32.2. The lowest BCUT2D eigenvalue weighted by Crippen LogP contribution is -2.44. The van der Waals surface area contributed by atoms with E-state index in [4.69, 9.17) is 5.73 Å². The van der Waals surface area contributed by atoms with Gasteiger partial charge in [0.1, 0.15) is 0 Å². The average molecular weight is 329 g/mol. The van der Waals surface area contributed by atoms with Crippen molar-refractivity contribution >= 4 is 27.5 Å². The summed E-state index contributed by atoms with van der Waals surface area (Å²) < 4.78 is 26.7. The summed E-state index contributed by atoms with van der Waals surface area (Å²) in [5.41, 5.74) is 6.44. The zero-order valence-electron chi connectivity index (χ0n) is 12.5. The van der Waals surface area contributed by atoms with Crippen LogP contribution in [0, 0.1) is 0 Å². The molecule has 0 radical (unpaired) electrons. The van der Waals surface area contributed by atoms with Gasteiger partial charge in [0, 0.05) is 28.9 Å². The summed E-state index contributed by atoms with van der Waals surface area (Å²) in [6.07, 6.45) is 4.03. The van der Waals surface area contributed by atoms with E-state index in [0.717, 1.165) is 30.6 Å². The van der Waals surface area contributed by atoms with Crippen LogP contribution in [0.5, 0.6) is 0 Å². The van der Waals surface area contributed by atoms with Gasteiger partial charge >= 0.3 is 0 Å². The number of piperidine rings is 1. The first-order chi connectivity index (χ1) is 10.0. The lowest BCUT2D eigenvalue weighted by molar-refractivity contribution is 0.247. The minimum absolute atomic E-state index is 0.195. The Bertz CT molecular complexity index is 561. The van der Waals surface area contributed by atoms with Gasteiger partial charge in [-0.15, -0.1) is 11.8 Å². The number of thioether (sulfide) groups is 1. The predicted molar refractivity (Wildman–Crippen MR) is 90.0 cm³/mol. The lowest BCUT2D eigenvalue weighted by atomic mass is 10.0. The molecule has 0 amide bonds. The molecule has 2 N–H and O–H groups in total. The van der Waals surface area contributed by atoms with Gasteiger partial charge in [0.05, 0.1) is 5.75 Å². The van der Waals surface area contributed by atoms with Crippen LogP contribution in [0.1, 0.15) is 32.6 Å². The van der Waals surface area contributed by atoms with Gasteiger partial charge in [0.2, 0.25) is 10.0 Å². The van der Waals surface area contributed by atoms with Gasteiger partial charge < -0.3 is 5.73 Å². The molecule has 1 aromatic rings. The zero-order chi connectivity index (χ0) is 15.3. The molecular weight excluding hydrogens is 304 g/mol. The standard InChI is InChI=1S/C15H24N2O2S2/c1-2-14-7-3-4-9-17(14)21(18,19)11-10-20-15-8-5-6-13(16)12-15/h5-6,8,12,14H,2-4,7,9-11,16H2,1H3. The van der Waals surface area contributed by atoms with Gasteiger partial charge in [-0.2, -0.15) is 4.31 Å². The van der Waals surface area contributed by atoms with Crippen molar-refractivity contribution in [3.63, 3.8) is 0 Å². The van der Waals surface area contributed by atoms with E-state index in [2.05, 4.69) is 6.92 Å². The van der Waals surface area contributed by atoms with Gasteiger partial charge in [-0.25, -0.2) is 8.42 Å². The van der Waals surface area contributed by atoms with E-state index in [9.17, 15) is 8.42 Å². The maximum Gasteiger partial charge on any atom is 0.215 e. The third-order valence-electron chi connectivity index (χ3n) is 3.87. The van der Waals surface area contributed by atoms with E-state index in [1.807, 2.05) is 24.3 Å². The maximum atomic E-state index is 12.5. The Morgan fingerprint density at radius 3 is 2.90 bits per heavy atom. The number of benzene rings is 1. The molecule has 4 nitrogen and oxygen atoms in total. The van der Waals surface area contributed by atoms with Crippen molar-refractivity contribution in [2.24, 2.45) is 0 Å². The summed E-state index contributed by atoms with van der Waals surface area (Å²) in [6.45, 7) is 2.75. The molecule has 1 aliphatic heterocycles. The molecule has 1 saturated heterocycles. The summed E-state index contributed by atoms with van der Waals surface area (Å²) in [5, 5.41) is 0. The Morgan fingerprint density at radius 1 is 1.38 bits per heavy atom. The van der Waals surface area contributed by atoms with E-state index in [1.165, 1.54) is 0 Å². The summed E-state index contributed by atoms with van der Waals surface area (Å²) in [5.74, 6) is 0.766. The number of hydrogen-bond acceptors (Lipinski definition) is 4. The molecule has 1 aliphatic rings. The van der Waals surface area contributed by atoms with Crippen molar-refractivity contribution < 1.29 is 8.42 Å². The molecule has 0 aliphatic carbocycles. The van der Waals surface area contributed by atoms with Gasteiger partial charge in [0.25, 0.3) is 0 Å². The van der Waals surface area contributed by atoms with Gasteiger partial charge in [-0.3, -0.25) is 0 Å². The van der Waals surface area contributed by atoms with Crippen molar-refractivity contribution in [1.82, 2.24) is 4.31 Å². The lowest BCUT2D eigenvalue weighted by Gasteiger charge is -2.34. The zero-order valence-corrected chi connectivity index (χ0v) is 14.1. The molecule has 1 aromatic carbocycles. The fourth-order valence-corrected chi connectivity index (χ4v) is 5.89. The predicted octanol–water partition coefficient (Wildman–Crippen LogP) is 2.96. The largest absolute Gasteiger partial charge is 0.399 e. The van der Waals surface area contributed by atoms with E-state index in [1.54, 1.807) is 16.1 Å². The fraction of sp³-hybridized carbons (Fsp3) is 0.600. The van der Waals surface area contributed by atoms with Crippen LogP contribution in [0.4, 0.5) is 5.69 Å². The maximum absolute atomic E-state index is 12.5. The van der Waals surface area contributed by atoms with Crippen LogP contribution in [0.25, 0.3) is 0 Å². The number of anilines is 1. The van der Waals surface area contributed by atoms with E-state index >= 15 is 0 Å². The van der Waals surface area contributed by atoms with Crippen LogP contribution < -0.4 is 5.73 Å². The topological polar surface area (TPSA) is 63.4 Å². The number of rotatable bonds is 6. The highest BCUT2D eigenvalue weighted by molar-refractivity contribution is 8.00. The first-order valence-electron chi connectivity index (χ1n) is 7.51. The summed E-state index contributed by atoms with van der Waals surface area (Å²) in [7, 11) is -3.14. The summed E-state index contributed by atoms with van der Waals surface area (Å²) in [6, 6.07) is 7.77. The number of hydrogen-bond donors (Lipinski definition) is 1. The smallest absolute Gasteiger partial charge is 0.215 e. The second kappa shape index (κ2) is 7.51. The normalized spacial score (nSPS) is 20.5. The number of nitrogens with zero attached hydrogens (tertiary/aromatic N) is 1. The molecular formula is C15H24N2O2S2. The molecule has 2 rings (SSSR count). The van der Waals surface area contributed by atoms with E-state index in [-0.39, 0.29) is 11.8 Å². The number of sulfonamides is 1. The van der Waals surface area contributed by atoms with Crippen LogP contribution in [0.15, 0.2) is 29.2 Å². The van der Waals surface area contributed by atoms with Crippen LogP contribution in [0.2, 0.25) is 0 Å². The Labute approximate surface area is 132 Å². The molecule has 0 spiro atoms. The Hall–Kier alpha value is -0.720. The molecule has 6 heteroatoms. The van der Waals surface area contributed by atoms with Crippen LogP contribution in [-0.4, -0.2) is 36.8 Å². The third kappa shape index (κ3) is 4.63. The van der Waals surface area contributed by atoms with Gasteiger partial charge in [-0.05, 0) is 37.5 Å². The molecule has 0 aromatic heterocycles. The van der Waals surface area contributed by atoms with E-state index in [0.29, 0.717) is 18.0 Å². The first kappa shape index (κ1) is 16.6. The summed E-state index contributed by atoms with van der Waals surface area (Å²) in [4.78, 5) is 1.02. The van der Waals surface area contributed by atoms with E-state index < -0.39 is 10.0 Å². The molecule has 1 unspecified atom stereocenters. The molecule has 1 fully saturated rings. The average Bonchev–Trinajstić information content (AvgIpc) is 2.47. The van der Waals surface area contributed by atoms with Gasteiger partial charge in [-0.1, -0.05) is 19.4 Å². The van der Waals surface area contributed by atoms with Crippen molar-refractivity contribution in [1.29, 1.82) is 0 Å². The second-order valence-electron chi connectivity index (χ2n) is 5.41. The number of nitrogens with two attached hydrogens (primary N) is 1. The van der Waals surface area contributed by atoms with Crippen molar-refractivity contribution in [3.8, 4) is 0 Å². The van der Waals surface area contributed by atoms with Crippen molar-refractivity contribution in [2.45, 2.75) is 43.5 Å². The highest BCUT2D eigenvalue weighted by Gasteiger charge is 2.30. The molecule has 0 bridgehead atoms. The van der Waals surface area contributed by atoms with Crippen LogP contribution >= 0.6 is 11.8 Å². The molecule has 0 saturated carbocycles. The van der Waals surface area contributed by atoms with Crippen LogP contribution in [0.3, 0.4) is 0 Å². The molecule has 118 valence electrons. The fourth-order valence-electron chi connectivity index (χ4n) is 2.73. The second-order valence-corrected chi connectivity index (χ2v) is 8.61. The SMILES string of the molecule is CCC1CCCCN1S(=O)(=O)CCSc1cccc(N)c1.